The molecule has 3 aromatic heterocycles. The Morgan fingerprint density at radius 3 is 2.61 bits per heavy atom. The van der Waals surface area contributed by atoms with Gasteiger partial charge in [-0.25, -0.2) is 9.97 Å². The van der Waals surface area contributed by atoms with Gasteiger partial charge in [0, 0.05) is 34.7 Å². The maximum atomic E-state index is 6.20. The van der Waals surface area contributed by atoms with Gasteiger partial charge in [0.15, 0.2) is 11.5 Å². The summed E-state index contributed by atoms with van der Waals surface area (Å²) in [4.78, 5) is 14.1. The zero-order valence-corrected chi connectivity index (χ0v) is 18.0. The number of rotatable bonds is 4. The molecule has 5 rings (SSSR count). The molecule has 0 spiro atoms. The van der Waals surface area contributed by atoms with Crippen molar-refractivity contribution in [3.63, 3.8) is 0 Å². The third-order valence-corrected chi connectivity index (χ3v) is 6.27. The minimum atomic E-state index is -0.385. The number of anilines is 1. The summed E-state index contributed by atoms with van der Waals surface area (Å²) in [5.74, 6) is 2.44. The third-order valence-electron chi connectivity index (χ3n) is 6.27. The van der Waals surface area contributed by atoms with Gasteiger partial charge in [-0.15, -0.1) is 5.10 Å². The van der Waals surface area contributed by atoms with Crippen molar-refractivity contribution >= 4 is 22.5 Å². The number of benzene rings is 1. The number of hydrogen-bond donors (Lipinski definition) is 2. The van der Waals surface area contributed by atoms with Crippen LogP contribution < -0.4 is 16.2 Å². The first-order valence-electron chi connectivity index (χ1n) is 10.6. The van der Waals surface area contributed by atoms with Crippen LogP contribution >= 0.6 is 0 Å². The number of pyridine rings is 1. The van der Waals surface area contributed by atoms with Crippen LogP contribution in [0.25, 0.3) is 16.6 Å². The molecule has 8 heteroatoms. The van der Waals surface area contributed by atoms with Gasteiger partial charge in [0.25, 0.3) is 0 Å². The molecule has 1 aliphatic carbocycles. The van der Waals surface area contributed by atoms with Gasteiger partial charge in [-0.2, -0.15) is 4.52 Å². The van der Waals surface area contributed by atoms with E-state index in [0.717, 1.165) is 41.7 Å². The smallest absolute Gasteiger partial charge is 0.223 e. The number of fused-ring (bicyclic) bond motifs is 3. The van der Waals surface area contributed by atoms with Crippen molar-refractivity contribution in [2.24, 2.45) is 5.73 Å². The van der Waals surface area contributed by atoms with Crippen LogP contribution in [-0.2, 0) is 5.54 Å². The summed E-state index contributed by atoms with van der Waals surface area (Å²) < 4.78 is 7.08. The summed E-state index contributed by atoms with van der Waals surface area (Å²) in [5, 5.41) is 5.59. The average Bonchev–Trinajstić information content (AvgIpc) is 3.41. The molecule has 0 radical (unpaired) electrons. The Hall–Kier alpha value is -3.26. The Kier molecular flexibility index (Phi) is 4.55. The zero-order valence-electron chi connectivity index (χ0n) is 18.0. The van der Waals surface area contributed by atoms with Gasteiger partial charge < -0.3 is 16.2 Å². The van der Waals surface area contributed by atoms with Gasteiger partial charge in [0.2, 0.25) is 5.95 Å². The SMILES string of the molecule is COc1cccc2c1nc(N)n1nc(C3CCC(c4ccc(C(C)(C)N)cn4)C3)nc21. The van der Waals surface area contributed by atoms with Gasteiger partial charge in [-0.05, 0) is 56.9 Å². The molecule has 2 atom stereocenters. The lowest BCUT2D eigenvalue weighted by Crippen LogP contribution is -2.28. The van der Waals surface area contributed by atoms with Crippen molar-refractivity contribution in [2.45, 2.75) is 50.5 Å². The van der Waals surface area contributed by atoms with Crippen LogP contribution in [0.5, 0.6) is 5.75 Å². The molecule has 0 bridgehead atoms. The Bertz CT molecular complexity index is 1260. The summed E-state index contributed by atoms with van der Waals surface area (Å²) in [6.07, 6.45) is 4.93. The lowest BCUT2D eigenvalue weighted by atomic mass is 9.95. The van der Waals surface area contributed by atoms with Crippen LogP contribution in [-0.4, -0.2) is 31.7 Å². The van der Waals surface area contributed by atoms with Crippen LogP contribution in [0.4, 0.5) is 5.95 Å². The van der Waals surface area contributed by atoms with E-state index in [4.69, 9.17) is 31.3 Å². The highest BCUT2D eigenvalue weighted by Crippen LogP contribution is 2.42. The summed E-state index contributed by atoms with van der Waals surface area (Å²) in [6.45, 7) is 3.98. The monoisotopic (exact) mass is 417 g/mol. The standard InChI is InChI=1S/C23H27N7O/c1-23(2,25)15-9-10-17(26-12-15)13-7-8-14(11-13)20-28-21-16-5-4-6-18(31-3)19(16)27-22(24)30(21)29-20/h4-6,9-10,12-14H,7-8,11,25H2,1-3H3,(H2,24,27). The highest BCUT2D eigenvalue weighted by atomic mass is 16.5. The number of nitrogens with zero attached hydrogens (tertiary/aromatic N) is 5. The number of para-hydroxylation sites is 1. The first-order valence-corrected chi connectivity index (χ1v) is 10.6. The topological polar surface area (TPSA) is 117 Å². The fraction of sp³-hybridized carbons (Fsp3) is 0.391. The summed E-state index contributed by atoms with van der Waals surface area (Å²) in [5.41, 5.74) is 15.6. The average molecular weight is 418 g/mol. The summed E-state index contributed by atoms with van der Waals surface area (Å²) >= 11 is 0. The molecule has 1 aliphatic rings. The number of ether oxygens (including phenoxy) is 1. The molecule has 0 aliphatic heterocycles. The van der Waals surface area contributed by atoms with E-state index in [9.17, 15) is 0 Å². The Morgan fingerprint density at radius 1 is 1.10 bits per heavy atom. The second kappa shape index (κ2) is 7.16. The van der Waals surface area contributed by atoms with E-state index in [1.54, 1.807) is 11.6 Å². The van der Waals surface area contributed by atoms with Crippen molar-refractivity contribution in [1.29, 1.82) is 0 Å². The molecular formula is C23H27N7O. The van der Waals surface area contributed by atoms with Crippen molar-refractivity contribution in [2.75, 3.05) is 12.8 Å². The molecule has 1 aromatic carbocycles. The van der Waals surface area contributed by atoms with Crippen LogP contribution in [0, 0.1) is 0 Å². The summed E-state index contributed by atoms with van der Waals surface area (Å²) in [6, 6.07) is 9.96. The fourth-order valence-electron chi connectivity index (χ4n) is 4.49. The second-order valence-electron chi connectivity index (χ2n) is 8.93. The van der Waals surface area contributed by atoms with Gasteiger partial charge >= 0.3 is 0 Å². The number of methoxy groups -OCH3 is 1. The maximum Gasteiger partial charge on any atom is 0.223 e. The van der Waals surface area contributed by atoms with Crippen molar-refractivity contribution < 1.29 is 4.74 Å². The number of nitrogens with two attached hydrogens (primary N) is 2. The third kappa shape index (κ3) is 3.37. The minimum absolute atomic E-state index is 0.261. The van der Waals surface area contributed by atoms with E-state index in [-0.39, 0.29) is 11.5 Å². The second-order valence-corrected chi connectivity index (χ2v) is 8.93. The zero-order chi connectivity index (χ0) is 21.8. The van der Waals surface area contributed by atoms with Gasteiger partial charge in [-0.1, -0.05) is 12.1 Å². The predicted octanol–water partition coefficient (Wildman–Crippen LogP) is 3.51. The van der Waals surface area contributed by atoms with E-state index in [0.29, 0.717) is 28.8 Å². The molecule has 8 nitrogen and oxygen atoms in total. The highest BCUT2D eigenvalue weighted by Gasteiger charge is 2.31. The maximum absolute atomic E-state index is 6.20. The highest BCUT2D eigenvalue weighted by molar-refractivity contribution is 5.95. The van der Waals surface area contributed by atoms with E-state index < -0.39 is 0 Å². The van der Waals surface area contributed by atoms with Gasteiger partial charge in [0.05, 0.1) is 7.11 Å². The first-order chi connectivity index (χ1) is 14.8. The molecule has 1 fully saturated rings. The Balaban J connectivity index is 1.45. The quantitative estimate of drug-likeness (QED) is 0.522. The number of aromatic nitrogens is 5. The molecule has 1 saturated carbocycles. The molecule has 3 heterocycles. The van der Waals surface area contributed by atoms with E-state index in [2.05, 4.69) is 17.1 Å². The van der Waals surface area contributed by atoms with Crippen molar-refractivity contribution in [1.82, 2.24) is 24.6 Å². The number of nitrogen functional groups attached to an aromatic ring is 1. The van der Waals surface area contributed by atoms with E-state index in [1.165, 1.54) is 0 Å². The molecule has 0 saturated heterocycles. The molecule has 31 heavy (non-hydrogen) atoms. The van der Waals surface area contributed by atoms with Crippen molar-refractivity contribution in [3.05, 3.63) is 53.6 Å². The first kappa shape index (κ1) is 19.7. The number of hydrogen-bond acceptors (Lipinski definition) is 7. The van der Waals surface area contributed by atoms with Crippen LogP contribution in [0.1, 0.15) is 62.0 Å². The predicted molar refractivity (Wildman–Crippen MR) is 120 cm³/mol. The largest absolute Gasteiger partial charge is 0.494 e. The van der Waals surface area contributed by atoms with Crippen LogP contribution in [0.2, 0.25) is 0 Å². The molecule has 160 valence electrons. The minimum Gasteiger partial charge on any atom is -0.494 e. The molecule has 0 amide bonds. The van der Waals surface area contributed by atoms with Crippen LogP contribution in [0.15, 0.2) is 36.5 Å². The van der Waals surface area contributed by atoms with Crippen LogP contribution in [0.3, 0.4) is 0 Å². The lowest BCUT2D eigenvalue weighted by molar-refractivity contribution is 0.419. The Morgan fingerprint density at radius 2 is 1.90 bits per heavy atom. The molecular weight excluding hydrogens is 390 g/mol. The molecule has 4 aromatic rings. The Labute approximate surface area is 180 Å². The van der Waals surface area contributed by atoms with Crippen molar-refractivity contribution in [3.8, 4) is 5.75 Å². The fourth-order valence-corrected chi connectivity index (χ4v) is 4.49. The van der Waals surface area contributed by atoms with E-state index in [1.807, 2.05) is 38.2 Å². The summed E-state index contributed by atoms with van der Waals surface area (Å²) in [7, 11) is 1.62. The molecule has 2 unspecified atom stereocenters. The molecule has 4 N–H and O–H groups in total. The normalized spacial score (nSPS) is 19.4. The van der Waals surface area contributed by atoms with Gasteiger partial charge in [0.1, 0.15) is 11.3 Å². The van der Waals surface area contributed by atoms with E-state index >= 15 is 0 Å². The van der Waals surface area contributed by atoms with Gasteiger partial charge in [-0.3, -0.25) is 4.98 Å². The lowest BCUT2D eigenvalue weighted by Gasteiger charge is -2.19.